The fourth-order valence-corrected chi connectivity index (χ4v) is 2.86. The van der Waals surface area contributed by atoms with Gasteiger partial charge in [0.15, 0.2) is 0 Å². The highest BCUT2D eigenvalue weighted by Crippen LogP contribution is 2.22. The first-order chi connectivity index (χ1) is 12.5. The third-order valence-corrected chi connectivity index (χ3v) is 4.18. The van der Waals surface area contributed by atoms with Crippen molar-refractivity contribution in [2.75, 3.05) is 12.3 Å². The lowest BCUT2D eigenvalue weighted by Crippen LogP contribution is -2.25. The summed E-state index contributed by atoms with van der Waals surface area (Å²) in [6.07, 6.45) is 0.712. The van der Waals surface area contributed by atoms with Gasteiger partial charge in [0.05, 0.1) is 16.0 Å². The van der Waals surface area contributed by atoms with Gasteiger partial charge in [0.25, 0.3) is 11.6 Å². The van der Waals surface area contributed by atoms with E-state index in [1.165, 1.54) is 18.2 Å². The first kappa shape index (κ1) is 17.4. The minimum Gasteiger partial charge on any atom is -0.393 e. The Labute approximate surface area is 149 Å². The Hall–Kier alpha value is -3.42. The van der Waals surface area contributed by atoms with Crippen LogP contribution in [0, 0.1) is 17.0 Å². The summed E-state index contributed by atoms with van der Waals surface area (Å²) in [5.74, 6) is 0.562. The van der Waals surface area contributed by atoms with Crippen molar-refractivity contribution >= 4 is 28.3 Å². The second-order valence-corrected chi connectivity index (χ2v) is 5.94. The van der Waals surface area contributed by atoms with Crippen molar-refractivity contribution in [1.82, 2.24) is 14.9 Å². The molecule has 8 heteroatoms. The van der Waals surface area contributed by atoms with Gasteiger partial charge in [-0.1, -0.05) is 12.1 Å². The Morgan fingerprint density at radius 1 is 1.31 bits per heavy atom. The quantitative estimate of drug-likeness (QED) is 0.306. The van der Waals surface area contributed by atoms with Gasteiger partial charge in [-0.2, -0.15) is 0 Å². The molecule has 3 aromatic rings. The lowest BCUT2D eigenvalue weighted by molar-refractivity contribution is -0.383. The third kappa shape index (κ3) is 3.49. The molecule has 2 aromatic carbocycles. The first-order valence-corrected chi connectivity index (χ1v) is 8.21. The smallest absolute Gasteiger partial charge is 0.292 e. The molecule has 0 saturated heterocycles. The summed E-state index contributed by atoms with van der Waals surface area (Å²) < 4.78 is 2.11. The maximum absolute atomic E-state index is 12.2. The Balaban J connectivity index is 1.60. The topological polar surface area (TPSA) is 116 Å². The van der Waals surface area contributed by atoms with Gasteiger partial charge in [0, 0.05) is 24.7 Å². The van der Waals surface area contributed by atoms with E-state index in [1.54, 1.807) is 0 Å². The summed E-state index contributed by atoms with van der Waals surface area (Å²) in [7, 11) is 0. The molecule has 8 nitrogen and oxygen atoms in total. The van der Waals surface area contributed by atoms with Crippen molar-refractivity contribution in [2.24, 2.45) is 0 Å². The van der Waals surface area contributed by atoms with E-state index in [1.807, 2.05) is 31.2 Å². The lowest BCUT2D eigenvalue weighted by atomic mass is 10.1. The normalized spacial score (nSPS) is 10.8. The number of benzene rings is 2. The number of hydrogen-bond donors (Lipinski definition) is 2. The number of carbonyl (C=O) groups is 1. The Kier molecular flexibility index (Phi) is 4.83. The van der Waals surface area contributed by atoms with E-state index in [9.17, 15) is 14.9 Å². The number of nitrogen functional groups attached to an aromatic ring is 1. The number of aromatic nitrogens is 2. The second-order valence-electron chi connectivity index (χ2n) is 5.94. The summed E-state index contributed by atoms with van der Waals surface area (Å²) in [4.78, 5) is 27.0. The number of fused-ring (bicyclic) bond motifs is 1. The highest BCUT2D eigenvalue weighted by molar-refractivity contribution is 5.95. The van der Waals surface area contributed by atoms with Crippen molar-refractivity contribution in [1.29, 1.82) is 0 Å². The maximum atomic E-state index is 12.2. The van der Waals surface area contributed by atoms with E-state index in [2.05, 4.69) is 14.9 Å². The van der Waals surface area contributed by atoms with Crippen molar-refractivity contribution in [3.05, 3.63) is 64.0 Å². The number of hydrogen-bond acceptors (Lipinski definition) is 5. The summed E-state index contributed by atoms with van der Waals surface area (Å²) in [6, 6.07) is 11.9. The number of para-hydroxylation sites is 2. The Morgan fingerprint density at radius 3 is 2.85 bits per heavy atom. The summed E-state index contributed by atoms with van der Waals surface area (Å²) in [6.45, 7) is 3.11. The molecule has 1 heterocycles. The average molecular weight is 353 g/mol. The number of amides is 1. The number of nitrogens with two attached hydrogens (primary N) is 1. The van der Waals surface area contributed by atoms with Gasteiger partial charge in [-0.15, -0.1) is 0 Å². The molecule has 0 aliphatic rings. The monoisotopic (exact) mass is 353 g/mol. The Morgan fingerprint density at radius 2 is 2.08 bits per heavy atom. The van der Waals surface area contributed by atoms with E-state index in [0.29, 0.717) is 19.5 Å². The molecule has 0 fully saturated rings. The fraction of sp³-hybridized carbons (Fsp3) is 0.222. The van der Waals surface area contributed by atoms with Crippen LogP contribution in [0.5, 0.6) is 0 Å². The van der Waals surface area contributed by atoms with Crippen LogP contribution in [0.25, 0.3) is 11.0 Å². The van der Waals surface area contributed by atoms with Crippen LogP contribution in [0.2, 0.25) is 0 Å². The summed E-state index contributed by atoms with van der Waals surface area (Å²) >= 11 is 0. The van der Waals surface area contributed by atoms with Crippen LogP contribution in [-0.4, -0.2) is 26.9 Å². The van der Waals surface area contributed by atoms with E-state index in [-0.39, 0.29) is 22.8 Å². The molecule has 134 valence electrons. The van der Waals surface area contributed by atoms with Gasteiger partial charge in [-0.3, -0.25) is 14.9 Å². The van der Waals surface area contributed by atoms with Gasteiger partial charge in [-0.05, 0) is 37.6 Å². The molecular weight excluding hydrogens is 334 g/mol. The van der Waals surface area contributed by atoms with E-state index >= 15 is 0 Å². The van der Waals surface area contributed by atoms with Crippen LogP contribution in [0.3, 0.4) is 0 Å². The van der Waals surface area contributed by atoms with Crippen LogP contribution in [0.1, 0.15) is 22.6 Å². The standard InChI is InChI=1S/C18H19N5O3/c1-12-21-15-5-2-3-6-16(15)22(12)10-4-9-20-18(24)13-7-8-14(19)17(11-13)23(25)26/h2-3,5-8,11H,4,9-10,19H2,1H3,(H,20,24). The number of nitro groups is 1. The highest BCUT2D eigenvalue weighted by atomic mass is 16.6. The zero-order valence-corrected chi connectivity index (χ0v) is 14.3. The highest BCUT2D eigenvalue weighted by Gasteiger charge is 2.15. The molecule has 0 bridgehead atoms. The Bertz CT molecular complexity index is 980. The van der Waals surface area contributed by atoms with E-state index in [4.69, 9.17) is 5.73 Å². The first-order valence-electron chi connectivity index (χ1n) is 8.21. The fourth-order valence-electron chi connectivity index (χ4n) is 2.86. The molecule has 0 aliphatic heterocycles. The molecule has 1 amide bonds. The molecule has 0 aliphatic carbocycles. The van der Waals surface area contributed by atoms with Crippen molar-refractivity contribution < 1.29 is 9.72 Å². The minimum atomic E-state index is -0.598. The van der Waals surface area contributed by atoms with Crippen molar-refractivity contribution in [2.45, 2.75) is 19.9 Å². The van der Waals surface area contributed by atoms with Crippen LogP contribution in [0.4, 0.5) is 11.4 Å². The number of carbonyl (C=O) groups excluding carboxylic acids is 1. The molecule has 3 N–H and O–H groups in total. The van der Waals surface area contributed by atoms with Crippen LogP contribution >= 0.6 is 0 Å². The summed E-state index contributed by atoms with van der Waals surface area (Å²) in [5, 5.41) is 13.7. The van der Waals surface area contributed by atoms with Crippen molar-refractivity contribution in [3.8, 4) is 0 Å². The zero-order chi connectivity index (χ0) is 18.7. The largest absolute Gasteiger partial charge is 0.393 e. The lowest BCUT2D eigenvalue weighted by Gasteiger charge is -2.08. The number of nitrogens with one attached hydrogen (secondary N) is 1. The van der Waals surface area contributed by atoms with Gasteiger partial charge < -0.3 is 15.6 Å². The second kappa shape index (κ2) is 7.22. The minimum absolute atomic E-state index is 0.0361. The molecule has 0 unspecified atom stereocenters. The molecule has 0 radical (unpaired) electrons. The summed E-state index contributed by atoms with van der Waals surface area (Å²) in [5.41, 5.74) is 7.54. The molecule has 0 spiro atoms. The average Bonchev–Trinajstić information content (AvgIpc) is 2.94. The number of imidazole rings is 1. The maximum Gasteiger partial charge on any atom is 0.292 e. The third-order valence-electron chi connectivity index (χ3n) is 4.18. The molecule has 3 rings (SSSR count). The number of nitrogens with zero attached hydrogens (tertiary/aromatic N) is 3. The molecule has 0 saturated carbocycles. The van der Waals surface area contributed by atoms with Gasteiger partial charge >= 0.3 is 0 Å². The molecule has 26 heavy (non-hydrogen) atoms. The van der Waals surface area contributed by atoms with Crippen LogP contribution in [0.15, 0.2) is 42.5 Å². The van der Waals surface area contributed by atoms with Gasteiger partial charge in [0.1, 0.15) is 11.5 Å². The number of anilines is 1. The molecular formula is C18H19N5O3. The SMILES string of the molecule is Cc1nc2ccccc2n1CCCNC(=O)c1ccc(N)c([N+](=O)[O-])c1. The molecule has 0 atom stereocenters. The number of rotatable bonds is 6. The van der Waals surface area contributed by atoms with Gasteiger partial charge in [-0.25, -0.2) is 4.98 Å². The number of aryl methyl sites for hydroxylation is 2. The predicted octanol–water partition coefficient (Wildman–Crippen LogP) is 2.66. The zero-order valence-electron chi connectivity index (χ0n) is 14.3. The number of nitro benzene ring substituents is 1. The van der Waals surface area contributed by atoms with E-state index in [0.717, 1.165) is 16.9 Å². The van der Waals surface area contributed by atoms with Crippen LogP contribution in [-0.2, 0) is 6.54 Å². The predicted molar refractivity (Wildman–Crippen MR) is 98.9 cm³/mol. The van der Waals surface area contributed by atoms with E-state index < -0.39 is 4.92 Å². The van der Waals surface area contributed by atoms with Crippen LogP contribution < -0.4 is 11.1 Å². The molecule has 1 aromatic heterocycles. The van der Waals surface area contributed by atoms with Crippen molar-refractivity contribution in [3.63, 3.8) is 0 Å². The van der Waals surface area contributed by atoms with Gasteiger partial charge in [0.2, 0.25) is 0 Å².